The minimum Gasteiger partial charge on any atom is -0.497 e. The molecule has 2 N–H and O–H groups in total. The van der Waals surface area contributed by atoms with Gasteiger partial charge in [-0.15, -0.1) is 0 Å². The molecular weight excluding hydrogens is 342 g/mol. The second kappa shape index (κ2) is 8.89. The summed E-state index contributed by atoms with van der Waals surface area (Å²) in [5.41, 5.74) is 2.57. The van der Waals surface area contributed by atoms with E-state index in [9.17, 15) is 4.79 Å². The van der Waals surface area contributed by atoms with Crippen LogP contribution in [0, 0.1) is 0 Å². The summed E-state index contributed by atoms with van der Waals surface area (Å²) in [6, 6.07) is 14.8. The normalized spacial score (nSPS) is 10.4. The number of aromatic amines is 1. The third kappa shape index (κ3) is 4.88. The number of rotatable bonds is 8. The van der Waals surface area contributed by atoms with E-state index in [2.05, 4.69) is 15.3 Å². The lowest BCUT2D eigenvalue weighted by atomic mass is 10.2. The number of nitrogens with one attached hydrogen (secondary N) is 2. The third-order valence-electron chi connectivity index (χ3n) is 4.10. The van der Waals surface area contributed by atoms with Gasteiger partial charge in [0.25, 0.3) is 5.91 Å². The van der Waals surface area contributed by atoms with Gasteiger partial charge >= 0.3 is 0 Å². The van der Waals surface area contributed by atoms with E-state index in [-0.39, 0.29) is 5.91 Å². The Kier molecular flexibility index (Phi) is 6.10. The molecule has 0 radical (unpaired) electrons. The number of imidazole rings is 1. The summed E-state index contributed by atoms with van der Waals surface area (Å²) in [6.45, 7) is 3.06. The molecule has 0 atom stereocenters. The molecule has 140 valence electrons. The van der Waals surface area contributed by atoms with E-state index in [1.54, 1.807) is 37.6 Å². The van der Waals surface area contributed by atoms with Gasteiger partial charge < -0.3 is 19.8 Å². The molecule has 27 heavy (non-hydrogen) atoms. The van der Waals surface area contributed by atoms with Crippen LogP contribution in [-0.2, 0) is 6.42 Å². The zero-order valence-electron chi connectivity index (χ0n) is 15.5. The predicted molar refractivity (Wildman–Crippen MR) is 104 cm³/mol. The Morgan fingerprint density at radius 3 is 2.44 bits per heavy atom. The molecule has 0 spiro atoms. The van der Waals surface area contributed by atoms with E-state index in [4.69, 9.17) is 9.47 Å². The number of nitrogens with zero attached hydrogens (tertiary/aromatic N) is 1. The summed E-state index contributed by atoms with van der Waals surface area (Å²) in [6.07, 6.45) is 2.47. The molecule has 0 aliphatic rings. The molecule has 3 aromatic rings. The molecule has 1 heterocycles. The molecule has 6 heteroatoms. The van der Waals surface area contributed by atoms with Crippen LogP contribution in [0.5, 0.6) is 11.5 Å². The van der Waals surface area contributed by atoms with Gasteiger partial charge in [-0.05, 0) is 55.5 Å². The minimum absolute atomic E-state index is 0.104. The lowest BCUT2D eigenvalue weighted by Gasteiger charge is -2.06. The van der Waals surface area contributed by atoms with E-state index in [1.165, 1.54) is 0 Å². The van der Waals surface area contributed by atoms with Crippen molar-refractivity contribution in [3.05, 3.63) is 66.0 Å². The first-order chi connectivity index (χ1) is 13.2. The molecule has 6 nitrogen and oxygen atoms in total. The van der Waals surface area contributed by atoms with Crippen molar-refractivity contribution >= 4 is 5.91 Å². The number of ether oxygens (including phenoxy) is 2. The highest BCUT2D eigenvalue weighted by Crippen LogP contribution is 2.19. The van der Waals surface area contributed by atoms with Gasteiger partial charge in [0, 0.05) is 36.0 Å². The largest absolute Gasteiger partial charge is 0.497 e. The molecule has 0 aliphatic heterocycles. The number of methoxy groups -OCH3 is 1. The van der Waals surface area contributed by atoms with E-state index in [1.807, 2.05) is 31.2 Å². The predicted octanol–water partition coefficient (Wildman–Crippen LogP) is 3.46. The number of carbonyl (C=O) groups is 1. The number of hydrogen-bond acceptors (Lipinski definition) is 4. The fourth-order valence-corrected chi connectivity index (χ4v) is 2.66. The summed E-state index contributed by atoms with van der Waals surface area (Å²) < 4.78 is 10.5. The van der Waals surface area contributed by atoms with Crippen molar-refractivity contribution in [1.29, 1.82) is 0 Å². The Morgan fingerprint density at radius 2 is 1.78 bits per heavy atom. The van der Waals surface area contributed by atoms with Gasteiger partial charge in [-0.25, -0.2) is 4.98 Å². The second-order valence-electron chi connectivity index (χ2n) is 5.95. The third-order valence-corrected chi connectivity index (χ3v) is 4.10. The quantitative estimate of drug-likeness (QED) is 0.641. The summed E-state index contributed by atoms with van der Waals surface area (Å²) in [4.78, 5) is 19.9. The molecule has 0 fully saturated rings. The van der Waals surface area contributed by atoms with Crippen molar-refractivity contribution in [2.45, 2.75) is 13.3 Å². The Balaban J connectivity index is 1.51. The van der Waals surface area contributed by atoms with E-state index in [0.29, 0.717) is 25.1 Å². The van der Waals surface area contributed by atoms with Crippen LogP contribution >= 0.6 is 0 Å². The van der Waals surface area contributed by atoms with Crippen LogP contribution in [0.2, 0.25) is 0 Å². The molecule has 0 saturated carbocycles. The molecule has 0 saturated heterocycles. The smallest absolute Gasteiger partial charge is 0.251 e. The number of carbonyl (C=O) groups excluding carboxylic acids is 1. The van der Waals surface area contributed by atoms with Crippen LogP contribution in [-0.4, -0.2) is 36.1 Å². The van der Waals surface area contributed by atoms with Crippen LogP contribution < -0.4 is 14.8 Å². The van der Waals surface area contributed by atoms with Gasteiger partial charge in [0.1, 0.15) is 17.3 Å². The van der Waals surface area contributed by atoms with Gasteiger partial charge in [-0.1, -0.05) is 0 Å². The Morgan fingerprint density at radius 1 is 1.07 bits per heavy atom. The summed E-state index contributed by atoms with van der Waals surface area (Å²) in [5.74, 6) is 2.26. The number of aromatic nitrogens is 2. The number of hydrogen-bond donors (Lipinski definition) is 2. The highest BCUT2D eigenvalue weighted by Gasteiger charge is 2.07. The van der Waals surface area contributed by atoms with Crippen LogP contribution in [0.15, 0.2) is 54.7 Å². The number of benzene rings is 2. The molecule has 1 aromatic heterocycles. The topological polar surface area (TPSA) is 76.2 Å². The van der Waals surface area contributed by atoms with Crippen molar-refractivity contribution in [2.24, 2.45) is 0 Å². The van der Waals surface area contributed by atoms with Crippen molar-refractivity contribution in [3.8, 4) is 22.9 Å². The van der Waals surface area contributed by atoms with Crippen molar-refractivity contribution < 1.29 is 14.3 Å². The summed E-state index contributed by atoms with van der Waals surface area (Å²) in [7, 11) is 1.64. The van der Waals surface area contributed by atoms with E-state index < -0.39 is 0 Å². The molecule has 0 aliphatic carbocycles. The lowest BCUT2D eigenvalue weighted by Crippen LogP contribution is -2.25. The maximum atomic E-state index is 12.2. The second-order valence-corrected chi connectivity index (χ2v) is 5.95. The highest BCUT2D eigenvalue weighted by molar-refractivity contribution is 5.94. The van der Waals surface area contributed by atoms with Crippen molar-refractivity contribution in [2.75, 3.05) is 20.3 Å². The first-order valence-electron chi connectivity index (χ1n) is 8.89. The van der Waals surface area contributed by atoms with Crippen LogP contribution in [0.25, 0.3) is 11.4 Å². The summed E-state index contributed by atoms with van der Waals surface area (Å²) in [5, 5.41) is 2.92. The minimum atomic E-state index is -0.104. The first kappa shape index (κ1) is 18.5. The average molecular weight is 365 g/mol. The monoisotopic (exact) mass is 365 g/mol. The van der Waals surface area contributed by atoms with Crippen molar-refractivity contribution in [3.63, 3.8) is 0 Å². The van der Waals surface area contributed by atoms with Gasteiger partial charge in [-0.2, -0.15) is 0 Å². The van der Waals surface area contributed by atoms with Gasteiger partial charge in [0.15, 0.2) is 0 Å². The van der Waals surface area contributed by atoms with E-state index >= 15 is 0 Å². The van der Waals surface area contributed by atoms with Crippen LogP contribution in [0.1, 0.15) is 23.0 Å². The number of H-pyrrole nitrogens is 1. The van der Waals surface area contributed by atoms with Gasteiger partial charge in [-0.3, -0.25) is 4.79 Å². The maximum absolute atomic E-state index is 12.2. The zero-order chi connectivity index (χ0) is 19.1. The fourth-order valence-electron chi connectivity index (χ4n) is 2.66. The molecule has 3 rings (SSSR count). The van der Waals surface area contributed by atoms with Crippen LogP contribution in [0.3, 0.4) is 0 Å². The van der Waals surface area contributed by atoms with Gasteiger partial charge in [0.05, 0.1) is 13.7 Å². The molecule has 0 unspecified atom stereocenters. The molecule has 2 aromatic carbocycles. The Labute approximate surface area is 158 Å². The molecule has 1 amide bonds. The highest BCUT2D eigenvalue weighted by atomic mass is 16.5. The van der Waals surface area contributed by atoms with Crippen molar-refractivity contribution in [1.82, 2.24) is 15.3 Å². The van der Waals surface area contributed by atoms with Crippen LogP contribution in [0.4, 0.5) is 0 Å². The SMILES string of the molecule is CCOc1ccc(C(=O)NCCc2cnc(-c3ccc(OC)cc3)[nH]2)cc1. The first-order valence-corrected chi connectivity index (χ1v) is 8.89. The zero-order valence-corrected chi connectivity index (χ0v) is 15.5. The Bertz CT molecular complexity index is 870. The molecular formula is C21H23N3O3. The summed E-state index contributed by atoms with van der Waals surface area (Å²) >= 11 is 0. The lowest BCUT2D eigenvalue weighted by molar-refractivity contribution is 0.0954. The van der Waals surface area contributed by atoms with Gasteiger partial charge in [0.2, 0.25) is 0 Å². The standard InChI is InChI=1S/C21H23N3O3/c1-3-27-19-10-6-16(7-11-19)21(25)22-13-12-17-14-23-20(24-17)15-4-8-18(26-2)9-5-15/h4-11,14H,3,12-13H2,1-2H3,(H,22,25)(H,23,24). The number of amides is 1. The maximum Gasteiger partial charge on any atom is 0.251 e. The Hall–Kier alpha value is -3.28. The average Bonchev–Trinajstić information content (AvgIpc) is 3.18. The van der Waals surface area contributed by atoms with E-state index in [0.717, 1.165) is 28.6 Å². The molecule has 0 bridgehead atoms. The fraction of sp³-hybridized carbons (Fsp3) is 0.238.